The predicted molar refractivity (Wildman–Crippen MR) is 126 cm³/mol. The van der Waals surface area contributed by atoms with Gasteiger partial charge < -0.3 is 14.4 Å². The zero-order valence-corrected chi connectivity index (χ0v) is 19.4. The van der Waals surface area contributed by atoms with Crippen LogP contribution >= 0.6 is 0 Å². The van der Waals surface area contributed by atoms with Crippen LogP contribution in [0.2, 0.25) is 0 Å². The molecule has 0 unspecified atom stereocenters. The number of fused-ring (bicyclic) bond motifs is 1. The normalized spacial score (nSPS) is 20.4. The Bertz CT molecular complexity index is 925. The largest absolute Gasteiger partial charge is 0.493 e. The minimum atomic E-state index is 0.789. The van der Waals surface area contributed by atoms with Gasteiger partial charge in [-0.1, -0.05) is 18.6 Å². The van der Waals surface area contributed by atoms with Gasteiger partial charge in [-0.25, -0.2) is 9.97 Å². The van der Waals surface area contributed by atoms with Crippen LogP contribution in [0.4, 0.5) is 5.82 Å². The fraction of sp³-hybridized carbons (Fsp3) is 0.600. The Kier molecular flexibility index (Phi) is 6.46. The van der Waals surface area contributed by atoms with E-state index in [1.165, 1.54) is 36.3 Å². The molecule has 1 saturated carbocycles. The summed E-state index contributed by atoms with van der Waals surface area (Å²) in [6.07, 6.45) is 7.89. The van der Waals surface area contributed by atoms with Crippen molar-refractivity contribution in [2.45, 2.75) is 44.7 Å². The molecule has 7 nitrogen and oxygen atoms in total. The number of nitrogens with zero attached hydrogens (tertiary/aromatic N) is 5. The molecular weight excluding hydrogens is 402 g/mol. The molecule has 0 radical (unpaired) electrons. The molecule has 1 aliphatic carbocycles. The first kappa shape index (κ1) is 21.5. The molecule has 0 bridgehead atoms. The summed E-state index contributed by atoms with van der Waals surface area (Å²) in [4.78, 5) is 17.1. The standard InChI is InChI=1S/C25H35N5O2/c1-31-23-8-3-5-19(24(23)32-2)17-28-11-9-21-22(10-12-28)26-18-27-25(21)30-15-13-29(14-16-30)20-6-4-7-20/h3,5,8,18,20H,4,6-7,9-17H2,1-2H3. The zero-order chi connectivity index (χ0) is 21.9. The lowest BCUT2D eigenvalue weighted by atomic mass is 9.91. The van der Waals surface area contributed by atoms with Gasteiger partial charge in [0.2, 0.25) is 0 Å². The third-order valence-electron chi connectivity index (χ3n) is 7.44. The summed E-state index contributed by atoms with van der Waals surface area (Å²) in [5.74, 6) is 2.79. The van der Waals surface area contributed by atoms with Crippen LogP contribution in [-0.4, -0.2) is 79.3 Å². The SMILES string of the molecule is COc1cccc(CN2CCc3ncnc(N4CCN(C5CCC5)CC4)c3CC2)c1OC. The maximum absolute atomic E-state index is 5.65. The third kappa shape index (κ3) is 4.28. The molecule has 2 fully saturated rings. The number of hydrogen-bond acceptors (Lipinski definition) is 7. The molecule has 1 saturated heterocycles. The molecule has 0 spiro atoms. The van der Waals surface area contributed by atoms with Crippen LogP contribution in [-0.2, 0) is 19.4 Å². The summed E-state index contributed by atoms with van der Waals surface area (Å²) in [7, 11) is 3.41. The maximum Gasteiger partial charge on any atom is 0.165 e. The van der Waals surface area contributed by atoms with E-state index in [-0.39, 0.29) is 0 Å². The minimum absolute atomic E-state index is 0.789. The highest BCUT2D eigenvalue weighted by Crippen LogP contribution is 2.33. The summed E-state index contributed by atoms with van der Waals surface area (Å²) < 4.78 is 11.1. The van der Waals surface area contributed by atoms with Crippen molar-refractivity contribution in [2.24, 2.45) is 0 Å². The Balaban J connectivity index is 1.27. The average Bonchev–Trinajstić information content (AvgIpc) is 3.01. The molecule has 2 aromatic rings. The lowest BCUT2D eigenvalue weighted by Gasteiger charge is -2.43. The van der Waals surface area contributed by atoms with Crippen molar-refractivity contribution >= 4 is 5.82 Å². The topological polar surface area (TPSA) is 54.0 Å². The van der Waals surface area contributed by atoms with Gasteiger partial charge in [0.05, 0.1) is 19.9 Å². The first-order valence-electron chi connectivity index (χ1n) is 12.0. The van der Waals surface area contributed by atoms with Gasteiger partial charge in [0.1, 0.15) is 12.1 Å². The first-order chi connectivity index (χ1) is 15.8. The summed E-state index contributed by atoms with van der Waals surface area (Å²) in [5.41, 5.74) is 3.73. The second kappa shape index (κ2) is 9.63. The quantitative estimate of drug-likeness (QED) is 0.689. The molecule has 7 heteroatoms. The molecule has 1 aromatic carbocycles. The Morgan fingerprint density at radius 3 is 2.47 bits per heavy atom. The fourth-order valence-corrected chi connectivity index (χ4v) is 5.36. The first-order valence-corrected chi connectivity index (χ1v) is 12.0. The number of aromatic nitrogens is 2. The van der Waals surface area contributed by atoms with Crippen LogP contribution in [0.15, 0.2) is 24.5 Å². The molecular formula is C25H35N5O2. The van der Waals surface area contributed by atoms with Crippen LogP contribution < -0.4 is 14.4 Å². The fourth-order valence-electron chi connectivity index (χ4n) is 5.36. The summed E-state index contributed by atoms with van der Waals surface area (Å²) >= 11 is 0. The molecule has 3 heterocycles. The monoisotopic (exact) mass is 437 g/mol. The highest BCUT2D eigenvalue weighted by atomic mass is 16.5. The van der Waals surface area contributed by atoms with Crippen molar-refractivity contribution in [3.8, 4) is 11.5 Å². The van der Waals surface area contributed by atoms with E-state index in [1.807, 2.05) is 12.1 Å². The molecule has 0 atom stereocenters. The van der Waals surface area contributed by atoms with Gasteiger partial charge in [0, 0.05) is 69.4 Å². The minimum Gasteiger partial charge on any atom is -0.493 e. The molecule has 3 aliphatic rings. The summed E-state index contributed by atoms with van der Waals surface area (Å²) in [6, 6.07) is 6.96. The van der Waals surface area contributed by atoms with Crippen molar-refractivity contribution in [2.75, 3.05) is 58.4 Å². The van der Waals surface area contributed by atoms with Crippen molar-refractivity contribution in [1.82, 2.24) is 19.8 Å². The van der Waals surface area contributed by atoms with E-state index >= 15 is 0 Å². The van der Waals surface area contributed by atoms with Crippen molar-refractivity contribution in [1.29, 1.82) is 0 Å². The Hall–Kier alpha value is -2.38. The number of piperazine rings is 1. The zero-order valence-electron chi connectivity index (χ0n) is 19.4. The Morgan fingerprint density at radius 1 is 0.938 bits per heavy atom. The summed E-state index contributed by atoms with van der Waals surface area (Å²) in [5, 5.41) is 0. The van der Waals surface area contributed by atoms with E-state index < -0.39 is 0 Å². The van der Waals surface area contributed by atoms with Crippen LogP contribution in [0.1, 0.15) is 36.1 Å². The van der Waals surface area contributed by atoms with E-state index in [0.717, 1.165) is 81.8 Å². The van der Waals surface area contributed by atoms with Crippen LogP contribution in [0, 0.1) is 0 Å². The van der Waals surface area contributed by atoms with E-state index in [1.54, 1.807) is 20.5 Å². The number of hydrogen-bond donors (Lipinski definition) is 0. The number of ether oxygens (including phenoxy) is 2. The van der Waals surface area contributed by atoms with Gasteiger partial charge in [0.15, 0.2) is 11.5 Å². The Morgan fingerprint density at radius 2 is 1.75 bits per heavy atom. The van der Waals surface area contributed by atoms with Crippen molar-refractivity contribution < 1.29 is 9.47 Å². The second-order valence-electron chi connectivity index (χ2n) is 9.16. The average molecular weight is 438 g/mol. The van der Waals surface area contributed by atoms with Gasteiger partial charge in [0.25, 0.3) is 0 Å². The van der Waals surface area contributed by atoms with Gasteiger partial charge in [-0.15, -0.1) is 0 Å². The lowest BCUT2D eigenvalue weighted by Crippen LogP contribution is -2.52. The predicted octanol–water partition coefficient (Wildman–Crippen LogP) is 2.77. The van der Waals surface area contributed by atoms with Crippen molar-refractivity contribution in [3.63, 3.8) is 0 Å². The molecule has 32 heavy (non-hydrogen) atoms. The van der Waals surface area contributed by atoms with Crippen molar-refractivity contribution in [3.05, 3.63) is 41.3 Å². The number of rotatable bonds is 6. The number of anilines is 1. The third-order valence-corrected chi connectivity index (χ3v) is 7.44. The van der Waals surface area contributed by atoms with Crippen LogP contribution in [0.25, 0.3) is 0 Å². The van der Waals surface area contributed by atoms with E-state index in [9.17, 15) is 0 Å². The highest BCUT2D eigenvalue weighted by Gasteiger charge is 2.30. The molecule has 5 rings (SSSR count). The molecule has 1 aromatic heterocycles. The number of methoxy groups -OCH3 is 2. The van der Waals surface area contributed by atoms with E-state index in [0.29, 0.717) is 0 Å². The highest BCUT2D eigenvalue weighted by molar-refractivity contribution is 5.50. The molecule has 0 N–H and O–H groups in total. The van der Waals surface area contributed by atoms with Crippen LogP contribution in [0.5, 0.6) is 11.5 Å². The molecule has 172 valence electrons. The van der Waals surface area contributed by atoms with Gasteiger partial charge in [-0.3, -0.25) is 9.80 Å². The number of para-hydroxylation sites is 1. The molecule has 0 amide bonds. The maximum atomic E-state index is 5.65. The molecule has 2 aliphatic heterocycles. The van der Waals surface area contributed by atoms with Gasteiger partial charge in [-0.05, 0) is 25.3 Å². The second-order valence-corrected chi connectivity index (χ2v) is 9.16. The Labute approximate surface area is 191 Å². The smallest absolute Gasteiger partial charge is 0.165 e. The van der Waals surface area contributed by atoms with Gasteiger partial charge in [-0.2, -0.15) is 0 Å². The van der Waals surface area contributed by atoms with E-state index in [4.69, 9.17) is 14.5 Å². The number of benzene rings is 1. The summed E-state index contributed by atoms with van der Waals surface area (Å²) in [6.45, 7) is 7.29. The van der Waals surface area contributed by atoms with Gasteiger partial charge >= 0.3 is 0 Å². The van der Waals surface area contributed by atoms with E-state index in [2.05, 4.69) is 25.8 Å². The van der Waals surface area contributed by atoms with Crippen LogP contribution in [0.3, 0.4) is 0 Å². The lowest BCUT2D eigenvalue weighted by molar-refractivity contribution is 0.120.